The van der Waals surface area contributed by atoms with E-state index in [2.05, 4.69) is 26.0 Å². The molecule has 0 aromatic heterocycles. The number of hydrogen-bond acceptors (Lipinski definition) is 1. The number of rotatable bonds is 0. The Morgan fingerprint density at radius 2 is 2.00 bits per heavy atom. The van der Waals surface area contributed by atoms with Gasteiger partial charge in [0.05, 0.1) is 13.2 Å². The van der Waals surface area contributed by atoms with Gasteiger partial charge in [-0.25, -0.2) is 0 Å². The molecule has 1 aromatic rings. The fraction of sp³-hybridized carbons (Fsp3) is 0.538. The van der Waals surface area contributed by atoms with E-state index in [-0.39, 0.29) is 0 Å². The van der Waals surface area contributed by atoms with Crippen molar-refractivity contribution in [1.82, 2.24) is 0 Å². The molecule has 1 nitrogen and oxygen atoms in total. The molecule has 1 aliphatic heterocycles. The standard InChI is InChI=1S/C13H16O/c1-9-3-4-11-7-14-8-13(5-6-13)12(11)10(9)2/h3-4H,5-8H2,1-2H3. The smallest absolute Gasteiger partial charge is 0.0720 e. The Bertz CT molecular complexity index is 388. The summed E-state index contributed by atoms with van der Waals surface area (Å²) in [5.41, 5.74) is 6.39. The van der Waals surface area contributed by atoms with Crippen molar-refractivity contribution < 1.29 is 4.74 Å². The number of ether oxygens (including phenoxy) is 1. The lowest BCUT2D eigenvalue weighted by atomic mass is 9.85. The minimum absolute atomic E-state index is 0.420. The molecule has 1 fully saturated rings. The third-order valence-corrected chi connectivity index (χ3v) is 3.84. The van der Waals surface area contributed by atoms with Crippen LogP contribution in [0, 0.1) is 13.8 Å². The number of benzene rings is 1. The molecule has 1 aliphatic carbocycles. The molecule has 0 amide bonds. The minimum atomic E-state index is 0.420. The van der Waals surface area contributed by atoms with Gasteiger partial charge in [0.25, 0.3) is 0 Å². The molecule has 0 saturated heterocycles. The quantitative estimate of drug-likeness (QED) is 0.608. The van der Waals surface area contributed by atoms with Gasteiger partial charge in [0.2, 0.25) is 0 Å². The molecule has 1 heterocycles. The van der Waals surface area contributed by atoms with E-state index < -0.39 is 0 Å². The zero-order valence-electron chi connectivity index (χ0n) is 8.89. The Hall–Kier alpha value is -0.820. The van der Waals surface area contributed by atoms with Gasteiger partial charge in [-0.05, 0) is 48.9 Å². The van der Waals surface area contributed by atoms with Crippen LogP contribution in [0.3, 0.4) is 0 Å². The summed E-state index contributed by atoms with van der Waals surface area (Å²) in [6, 6.07) is 4.47. The van der Waals surface area contributed by atoms with Gasteiger partial charge in [0, 0.05) is 5.41 Å². The summed E-state index contributed by atoms with van der Waals surface area (Å²) in [4.78, 5) is 0. The lowest BCUT2D eigenvalue weighted by Gasteiger charge is -2.28. The lowest BCUT2D eigenvalue weighted by Crippen LogP contribution is -2.24. The van der Waals surface area contributed by atoms with E-state index in [1.165, 1.54) is 29.5 Å². The SMILES string of the molecule is Cc1ccc2c(c1C)C1(CC1)COC2. The second-order valence-electron chi connectivity index (χ2n) is 4.81. The van der Waals surface area contributed by atoms with Crippen LogP contribution in [0.25, 0.3) is 0 Å². The zero-order chi connectivity index (χ0) is 9.76. The van der Waals surface area contributed by atoms with Crippen LogP contribution in [-0.2, 0) is 16.8 Å². The summed E-state index contributed by atoms with van der Waals surface area (Å²) in [7, 11) is 0. The van der Waals surface area contributed by atoms with Gasteiger partial charge in [-0.1, -0.05) is 12.1 Å². The molecule has 2 aliphatic rings. The molecule has 0 N–H and O–H groups in total. The second kappa shape index (κ2) is 2.60. The summed E-state index contributed by atoms with van der Waals surface area (Å²) >= 11 is 0. The van der Waals surface area contributed by atoms with Gasteiger partial charge >= 0.3 is 0 Å². The van der Waals surface area contributed by atoms with Gasteiger partial charge in [-0.3, -0.25) is 0 Å². The highest BCUT2D eigenvalue weighted by molar-refractivity contribution is 5.48. The highest BCUT2D eigenvalue weighted by atomic mass is 16.5. The molecule has 0 unspecified atom stereocenters. The van der Waals surface area contributed by atoms with Crippen LogP contribution >= 0.6 is 0 Å². The van der Waals surface area contributed by atoms with Gasteiger partial charge < -0.3 is 4.74 Å². The van der Waals surface area contributed by atoms with Crippen LogP contribution in [-0.4, -0.2) is 6.61 Å². The van der Waals surface area contributed by atoms with Crippen molar-refractivity contribution in [2.45, 2.75) is 38.7 Å². The average molecular weight is 188 g/mol. The fourth-order valence-electron chi connectivity index (χ4n) is 2.70. The predicted octanol–water partition coefficient (Wildman–Crippen LogP) is 2.87. The largest absolute Gasteiger partial charge is 0.376 e. The normalized spacial score (nSPS) is 22.1. The number of fused-ring (bicyclic) bond motifs is 2. The highest BCUT2D eigenvalue weighted by Crippen LogP contribution is 2.53. The van der Waals surface area contributed by atoms with Gasteiger partial charge in [-0.2, -0.15) is 0 Å². The molecule has 0 bridgehead atoms. The van der Waals surface area contributed by atoms with Crippen LogP contribution in [0.4, 0.5) is 0 Å². The van der Waals surface area contributed by atoms with Crippen molar-refractivity contribution in [3.8, 4) is 0 Å². The Morgan fingerprint density at radius 3 is 2.71 bits per heavy atom. The van der Waals surface area contributed by atoms with Gasteiger partial charge in [0.1, 0.15) is 0 Å². The Labute approximate surface area is 85.1 Å². The molecule has 0 atom stereocenters. The fourth-order valence-corrected chi connectivity index (χ4v) is 2.70. The summed E-state index contributed by atoms with van der Waals surface area (Å²) in [5.74, 6) is 0. The van der Waals surface area contributed by atoms with Crippen LogP contribution in [0.2, 0.25) is 0 Å². The van der Waals surface area contributed by atoms with Crippen LogP contribution in [0.1, 0.15) is 35.1 Å². The maximum atomic E-state index is 5.67. The van der Waals surface area contributed by atoms with E-state index in [1.807, 2.05) is 0 Å². The molecule has 1 heteroatoms. The first-order valence-electron chi connectivity index (χ1n) is 5.40. The minimum Gasteiger partial charge on any atom is -0.376 e. The first-order chi connectivity index (χ1) is 6.73. The topological polar surface area (TPSA) is 9.23 Å². The third-order valence-electron chi connectivity index (χ3n) is 3.84. The van der Waals surface area contributed by atoms with E-state index in [0.717, 1.165) is 13.2 Å². The Kier molecular flexibility index (Phi) is 1.58. The average Bonchev–Trinajstić information content (AvgIpc) is 2.92. The van der Waals surface area contributed by atoms with Crippen molar-refractivity contribution in [2.75, 3.05) is 6.61 Å². The van der Waals surface area contributed by atoms with Crippen LogP contribution in [0.15, 0.2) is 12.1 Å². The molecule has 1 aromatic carbocycles. The van der Waals surface area contributed by atoms with Crippen molar-refractivity contribution in [2.24, 2.45) is 0 Å². The molecule has 1 saturated carbocycles. The molecular formula is C13H16O. The predicted molar refractivity (Wildman–Crippen MR) is 56.5 cm³/mol. The van der Waals surface area contributed by atoms with Gasteiger partial charge in [-0.15, -0.1) is 0 Å². The summed E-state index contributed by atoms with van der Waals surface area (Å²) in [6.07, 6.45) is 2.65. The number of hydrogen-bond donors (Lipinski definition) is 0. The molecule has 3 rings (SSSR count). The van der Waals surface area contributed by atoms with E-state index in [0.29, 0.717) is 5.41 Å². The molecular weight excluding hydrogens is 172 g/mol. The van der Waals surface area contributed by atoms with E-state index >= 15 is 0 Å². The molecule has 0 radical (unpaired) electrons. The summed E-state index contributed by atoms with van der Waals surface area (Å²) in [6.45, 7) is 6.24. The van der Waals surface area contributed by atoms with Crippen molar-refractivity contribution in [3.63, 3.8) is 0 Å². The van der Waals surface area contributed by atoms with Crippen LogP contribution < -0.4 is 0 Å². The van der Waals surface area contributed by atoms with E-state index in [1.54, 1.807) is 5.56 Å². The summed E-state index contributed by atoms with van der Waals surface area (Å²) < 4.78 is 5.67. The second-order valence-corrected chi connectivity index (χ2v) is 4.81. The Balaban J connectivity index is 2.24. The van der Waals surface area contributed by atoms with E-state index in [4.69, 9.17) is 4.74 Å². The lowest BCUT2D eigenvalue weighted by molar-refractivity contribution is 0.0835. The maximum absolute atomic E-state index is 5.67. The third kappa shape index (κ3) is 0.992. The molecule has 1 spiro atoms. The van der Waals surface area contributed by atoms with Gasteiger partial charge in [0.15, 0.2) is 0 Å². The van der Waals surface area contributed by atoms with Crippen molar-refractivity contribution in [3.05, 3.63) is 34.4 Å². The monoisotopic (exact) mass is 188 g/mol. The molecule has 14 heavy (non-hydrogen) atoms. The van der Waals surface area contributed by atoms with E-state index in [9.17, 15) is 0 Å². The van der Waals surface area contributed by atoms with Crippen LogP contribution in [0.5, 0.6) is 0 Å². The summed E-state index contributed by atoms with van der Waals surface area (Å²) in [5, 5.41) is 0. The van der Waals surface area contributed by atoms with Crippen molar-refractivity contribution in [1.29, 1.82) is 0 Å². The molecule has 74 valence electrons. The first-order valence-corrected chi connectivity index (χ1v) is 5.40. The number of aryl methyl sites for hydroxylation is 1. The maximum Gasteiger partial charge on any atom is 0.0720 e. The highest BCUT2D eigenvalue weighted by Gasteiger charge is 2.48. The van der Waals surface area contributed by atoms with Crippen molar-refractivity contribution >= 4 is 0 Å². The zero-order valence-corrected chi connectivity index (χ0v) is 8.89. The first kappa shape index (κ1) is 8.49. The Morgan fingerprint density at radius 1 is 1.21 bits per heavy atom.